The summed E-state index contributed by atoms with van der Waals surface area (Å²) in [6.45, 7) is 2.02. The van der Waals surface area contributed by atoms with Crippen LogP contribution in [0.1, 0.15) is 19.0 Å². The van der Waals surface area contributed by atoms with Crippen LogP contribution < -0.4 is 11.3 Å². The molecule has 8 heteroatoms. The number of aromatic nitrogens is 6. The molecule has 0 unspecified atom stereocenters. The van der Waals surface area contributed by atoms with Crippen LogP contribution in [0.25, 0.3) is 17.0 Å². The molecule has 4 N–H and O–H groups in total. The summed E-state index contributed by atoms with van der Waals surface area (Å²) in [6, 6.07) is 0. The normalized spacial score (nSPS) is 11.2. The molecule has 3 rings (SSSR count). The molecular formula is C11H13N7O. The molecule has 0 saturated carbocycles. The molecule has 0 aliphatic carbocycles. The molecule has 0 atom stereocenters. The smallest absolute Gasteiger partial charge is 0.296 e. The summed E-state index contributed by atoms with van der Waals surface area (Å²) in [5.41, 5.74) is 7.55. The maximum Gasteiger partial charge on any atom is 0.296 e. The van der Waals surface area contributed by atoms with Crippen LogP contribution >= 0.6 is 0 Å². The molecule has 0 aromatic carbocycles. The lowest BCUT2D eigenvalue weighted by Gasteiger charge is -2.01. The van der Waals surface area contributed by atoms with E-state index in [0.29, 0.717) is 23.4 Å². The first-order valence-corrected chi connectivity index (χ1v) is 5.96. The Balaban J connectivity index is 2.24. The average Bonchev–Trinajstić information content (AvgIpc) is 2.99. The largest absolute Gasteiger partial charge is 0.393 e. The number of nitrogens with zero attached hydrogens (tertiary/aromatic N) is 4. The van der Waals surface area contributed by atoms with E-state index in [2.05, 4.69) is 25.0 Å². The molecule has 3 heterocycles. The van der Waals surface area contributed by atoms with Crippen LogP contribution in [-0.2, 0) is 6.42 Å². The maximum atomic E-state index is 12.1. The summed E-state index contributed by atoms with van der Waals surface area (Å²) < 4.78 is 1.32. The number of imidazole rings is 1. The monoisotopic (exact) mass is 259 g/mol. The van der Waals surface area contributed by atoms with E-state index in [9.17, 15) is 4.79 Å². The number of hydrogen-bond acceptors (Lipinski definition) is 5. The van der Waals surface area contributed by atoms with E-state index in [0.717, 1.165) is 12.1 Å². The van der Waals surface area contributed by atoms with E-state index >= 15 is 0 Å². The van der Waals surface area contributed by atoms with Crippen molar-refractivity contribution in [3.8, 4) is 5.82 Å². The minimum Gasteiger partial charge on any atom is -0.393 e. The van der Waals surface area contributed by atoms with Crippen molar-refractivity contribution in [3.05, 3.63) is 28.7 Å². The van der Waals surface area contributed by atoms with Crippen molar-refractivity contribution in [2.24, 2.45) is 0 Å². The Morgan fingerprint density at radius 1 is 1.37 bits per heavy atom. The molecule has 0 aliphatic heterocycles. The standard InChI is InChI=1S/C11H13N7O/c1-2-3-6-7(12)11(19)18(17-6)10-8-9(14-4-13-8)15-5-16-10/h4-5,17H,2-3,12H2,1H3,(H,13,14,15,16). The summed E-state index contributed by atoms with van der Waals surface area (Å²) in [6.07, 6.45) is 4.48. The average molecular weight is 259 g/mol. The second-order valence-corrected chi connectivity index (χ2v) is 4.19. The fourth-order valence-electron chi connectivity index (χ4n) is 2.01. The van der Waals surface area contributed by atoms with Crippen LogP contribution in [0.15, 0.2) is 17.4 Å². The highest BCUT2D eigenvalue weighted by molar-refractivity contribution is 5.77. The predicted molar refractivity (Wildman–Crippen MR) is 70.0 cm³/mol. The van der Waals surface area contributed by atoms with Crippen LogP contribution in [0.5, 0.6) is 0 Å². The molecule has 0 aliphatic rings. The Labute approximate surface area is 107 Å². The number of aryl methyl sites for hydroxylation is 1. The van der Waals surface area contributed by atoms with Gasteiger partial charge in [0.1, 0.15) is 17.5 Å². The van der Waals surface area contributed by atoms with E-state index in [4.69, 9.17) is 5.73 Å². The highest BCUT2D eigenvalue weighted by Gasteiger charge is 2.15. The van der Waals surface area contributed by atoms with Gasteiger partial charge in [0.05, 0.1) is 12.0 Å². The number of rotatable bonds is 3. The highest BCUT2D eigenvalue weighted by Crippen LogP contribution is 2.14. The van der Waals surface area contributed by atoms with Gasteiger partial charge in [0.2, 0.25) is 0 Å². The van der Waals surface area contributed by atoms with E-state index in [1.165, 1.54) is 17.3 Å². The number of fused-ring (bicyclic) bond motifs is 1. The van der Waals surface area contributed by atoms with Crippen LogP contribution in [0.3, 0.4) is 0 Å². The zero-order valence-corrected chi connectivity index (χ0v) is 10.3. The van der Waals surface area contributed by atoms with Crippen LogP contribution in [0.2, 0.25) is 0 Å². The Bertz CT molecular complexity index is 782. The number of nitrogens with two attached hydrogens (primary N) is 1. The van der Waals surface area contributed by atoms with E-state index in [-0.39, 0.29) is 11.2 Å². The summed E-state index contributed by atoms with van der Waals surface area (Å²) in [7, 11) is 0. The number of anilines is 1. The third kappa shape index (κ3) is 1.68. The van der Waals surface area contributed by atoms with Gasteiger partial charge in [-0.3, -0.25) is 9.89 Å². The van der Waals surface area contributed by atoms with Crippen molar-refractivity contribution in [2.75, 3.05) is 5.73 Å². The van der Waals surface area contributed by atoms with Gasteiger partial charge in [-0.05, 0) is 6.42 Å². The van der Waals surface area contributed by atoms with Crippen LogP contribution in [0, 0.1) is 0 Å². The van der Waals surface area contributed by atoms with E-state index in [1.54, 1.807) is 0 Å². The van der Waals surface area contributed by atoms with Gasteiger partial charge in [-0.15, -0.1) is 0 Å². The molecule has 8 nitrogen and oxygen atoms in total. The second kappa shape index (κ2) is 4.23. The minimum atomic E-state index is -0.307. The lowest BCUT2D eigenvalue weighted by Crippen LogP contribution is -2.18. The number of H-pyrrole nitrogens is 2. The Kier molecular flexibility index (Phi) is 2.55. The van der Waals surface area contributed by atoms with E-state index in [1.807, 2.05) is 6.92 Å². The van der Waals surface area contributed by atoms with Crippen molar-refractivity contribution in [3.63, 3.8) is 0 Å². The Hall–Kier alpha value is -2.64. The minimum absolute atomic E-state index is 0.230. The van der Waals surface area contributed by atoms with Crippen LogP contribution in [-0.4, -0.2) is 29.7 Å². The topological polar surface area (TPSA) is 118 Å². The molecule has 3 aromatic rings. The Morgan fingerprint density at radius 2 is 2.21 bits per heavy atom. The first kappa shape index (κ1) is 11.5. The van der Waals surface area contributed by atoms with Crippen molar-refractivity contribution in [1.29, 1.82) is 0 Å². The third-order valence-corrected chi connectivity index (χ3v) is 2.92. The number of nitrogens with one attached hydrogen (secondary N) is 2. The Morgan fingerprint density at radius 3 is 3.00 bits per heavy atom. The summed E-state index contributed by atoms with van der Waals surface area (Å²) in [5.74, 6) is 0.418. The molecule has 0 fully saturated rings. The van der Waals surface area contributed by atoms with E-state index < -0.39 is 0 Å². The molecule has 0 spiro atoms. The lowest BCUT2D eigenvalue weighted by atomic mass is 10.2. The summed E-state index contributed by atoms with van der Waals surface area (Å²) in [4.78, 5) is 27.2. The quantitative estimate of drug-likeness (QED) is 0.627. The van der Waals surface area contributed by atoms with Gasteiger partial charge < -0.3 is 10.7 Å². The van der Waals surface area contributed by atoms with Crippen molar-refractivity contribution in [2.45, 2.75) is 19.8 Å². The lowest BCUT2D eigenvalue weighted by molar-refractivity contribution is 0.777. The maximum absolute atomic E-state index is 12.1. The summed E-state index contributed by atoms with van der Waals surface area (Å²) >= 11 is 0. The molecule has 0 amide bonds. The molecular weight excluding hydrogens is 246 g/mol. The van der Waals surface area contributed by atoms with Gasteiger partial charge in [-0.1, -0.05) is 13.3 Å². The fraction of sp³-hybridized carbons (Fsp3) is 0.273. The van der Waals surface area contributed by atoms with Gasteiger partial charge in [0.15, 0.2) is 11.5 Å². The third-order valence-electron chi connectivity index (χ3n) is 2.92. The first-order chi connectivity index (χ1) is 9.22. The van der Waals surface area contributed by atoms with Crippen molar-refractivity contribution < 1.29 is 0 Å². The molecule has 0 saturated heterocycles. The zero-order valence-electron chi connectivity index (χ0n) is 10.3. The molecule has 3 aromatic heterocycles. The van der Waals surface area contributed by atoms with Gasteiger partial charge in [-0.2, -0.15) is 4.68 Å². The predicted octanol–water partition coefficient (Wildman–Crippen LogP) is 0.367. The highest BCUT2D eigenvalue weighted by atomic mass is 16.1. The molecule has 98 valence electrons. The fourth-order valence-corrected chi connectivity index (χ4v) is 2.01. The first-order valence-electron chi connectivity index (χ1n) is 5.96. The number of hydrogen-bond donors (Lipinski definition) is 3. The molecule has 0 bridgehead atoms. The molecule has 0 radical (unpaired) electrons. The van der Waals surface area contributed by atoms with Crippen molar-refractivity contribution >= 4 is 16.9 Å². The zero-order chi connectivity index (χ0) is 13.4. The van der Waals surface area contributed by atoms with Crippen molar-refractivity contribution in [1.82, 2.24) is 29.7 Å². The van der Waals surface area contributed by atoms with Gasteiger partial charge >= 0.3 is 0 Å². The van der Waals surface area contributed by atoms with Gasteiger partial charge in [0.25, 0.3) is 5.56 Å². The SMILES string of the molecule is CCCc1[nH]n(-c2ncnc3nc[nH]c23)c(=O)c1N. The number of aromatic amines is 2. The van der Waals surface area contributed by atoms with Gasteiger partial charge in [0, 0.05) is 0 Å². The number of nitrogen functional groups attached to an aromatic ring is 1. The van der Waals surface area contributed by atoms with Gasteiger partial charge in [-0.25, -0.2) is 15.0 Å². The molecule has 19 heavy (non-hydrogen) atoms. The second-order valence-electron chi connectivity index (χ2n) is 4.19. The van der Waals surface area contributed by atoms with Crippen LogP contribution in [0.4, 0.5) is 5.69 Å². The summed E-state index contributed by atoms with van der Waals surface area (Å²) in [5, 5.41) is 2.99.